The predicted octanol–water partition coefficient (Wildman–Crippen LogP) is 3.13. The highest BCUT2D eigenvalue weighted by Crippen LogP contribution is 2.60. The monoisotopic (exact) mass is 289 g/mol. The summed E-state index contributed by atoms with van der Waals surface area (Å²) in [6, 6.07) is 8.70. The van der Waals surface area contributed by atoms with Gasteiger partial charge in [-0.25, -0.2) is 0 Å². The van der Waals surface area contributed by atoms with E-state index in [-0.39, 0.29) is 0 Å². The summed E-state index contributed by atoms with van der Waals surface area (Å²) in [6.07, 6.45) is 5.05. The fourth-order valence-corrected chi connectivity index (χ4v) is 4.28. The van der Waals surface area contributed by atoms with Gasteiger partial charge in [0, 0.05) is 25.2 Å². The topological polar surface area (TPSA) is 30.5 Å². The lowest BCUT2D eigenvalue weighted by molar-refractivity contribution is -0.0735. The number of likely N-dealkylation sites (N-methyl/N-ethyl adjacent to an activating group) is 1. The van der Waals surface area contributed by atoms with Crippen molar-refractivity contribution in [3.63, 3.8) is 0 Å². The number of methoxy groups -OCH3 is 1. The van der Waals surface area contributed by atoms with E-state index in [1.165, 1.54) is 31.2 Å². The van der Waals surface area contributed by atoms with Crippen LogP contribution in [0.3, 0.4) is 0 Å². The summed E-state index contributed by atoms with van der Waals surface area (Å²) >= 11 is 0. The Balaban J connectivity index is 1.78. The lowest BCUT2D eigenvalue weighted by Crippen LogP contribution is -2.56. The summed E-state index contributed by atoms with van der Waals surface area (Å²) in [5, 5.41) is 3.58. The van der Waals surface area contributed by atoms with E-state index in [4.69, 9.17) is 9.47 Å². The van der Waals surface area contributed by atoms with Crippen LogP contribution in [-0.4, -0.2) is 33.4 Å². The normalized spacial score (nSPS) is 22.8. The zero-order valence-electron chi connectivity index (χ0n) is 13.3. The van der Waals surface area contributed by atoms with Gasteiger partial charge < -0.3 is 14.8 Å². The molecular formula is C18H27NO2. The van der Waals surface area contributed by atoms with Gasteiger partial charge in [0.1, 0.15) is 5.75 Å². The van der Waals surface area contributed by atoms with Crippen LogP contribution in [0.4, 0.5) is 0 Å². The SMILES string of the molecule is CCNCC1(c2ccc(OC)cc2)CC2(CCOCC2)C1. The van der Waals surface area contributed by atoms with E-state index in [9.17, 15) is 0 Å². The number of hydrogen-bond donors (Lipinski definition) is 1. The van der Waals surface area contributed by atoms with Gasteiger partial charge in [0.05, 0.1) is 7.11 Å². The second kappa shape index (κ2) is 5.98. The van der Waals surface area contributed by atoms with Crippen molar-refractivity contribution in [1.82, 2.24) is 5.32 Å². The summed E-state index contributed by atoms with van der Waals surface area (Å²) in [6.45, 7) is 6.19. The minimum atomic E-state index is 0.305. The Labute approximate surface area is 128 Å². The molecule has 0 aromatic heterocycles. The molecular weight excluding hydrogens is 262 g/mol. The number of hydrogen-bond acceptors (Lipinski definition) is 3. The van der Waals surface area contributed by atoms with Crippen LogP contribution in [0.25, 0.3) is 0 Å². The van der Waals surface area contributed by atoms with Crippen LogP contribution in [0.2, 0.25) is 0 Å². The van der Waals surface area contributed by atoms with E-state index in [1.54, 1.807) is 7.11 Å². The first-order valence-electron chi connectivity index (χ1n) is 8.15. The highest BCUT2D eigenvalue weighted by molar-refractivity contribution is 5.36. The Morgan fingerprint density at radius 2 is 1.81 bits per heavy atom. The summed E-state index contributed by atoms with van der Waals surface area (Å²) in [4.78, 5) is 0. The largest absolute Gasteiger partial charge is 0.497 e. The second-order valence-corrected chi connectivity index (χ2v) is 6.76. The number of ether oxygens (including phenoxy) is 2. The third-order valence-electron chi connectivity index (χ3n) is 5.40. The van der Waals surface area contributed by atoms with E-state index in [2.05, 4.69) is 36.5 Å². The second-order valence-electron chi connectivity index (χ2n) is 6.76. The van der Waals surface area contributed by atoms with Gasteiger partial charge in [0.25, 0.3) is 0 Å². The van der Waals surface area contributed by atoms with Crippen LogP contribution in [0.1, 0.15) is 38.2 Å². The lowest BCUT2D eigenvalue weighted by atomic mass is 9.48. The van der Waals surface area contributed by atoms with Crippen LogP contribution >= 0.6 is 0 Å². The zero-order valence-corrected chi connectivity index (χ0v) is 13.3. The van der Waals surface area contributed by atoms with Gasteiger partial charge in [0.2, 0.25) is 0 Å². The van der Waals surface area contributed by atoms with E-state index >= 15 is 0 Å². The van der Waals surface area contributed by atoms with Gasteiger partial charge in [-0.1, -0.05) is 19.1 Å². The van der Waals surface area contributed by atoms with E-state index in [0.717, 1.165) is 32.1 Å². The van der Waals surface area contributed by atoms with E-state index < -0.39 is 0 Å². The average Bonchev–Trinajstić information content (AvgIpc) is 2.52. The van der Waals surface area contributed by atoms with Crippen molar-refractivity contribution in [2.24, 2.45) is 5.41 Å². The highest BCUT2D eigenvalue weighted by atomic mass is 16.5. The molecule has 0 radical (unpaired) electrons. The first kappa shape index (κ1) is 14.9. The molecule has 1 N–H and O–H groups in total. The molecule has 1 aromatic rings. The molecule has 21 heavy (non-hydrogen) atoms. The highest BCUT2D eigenvalue weighted by Gasteiger charge is 2.54. The molecule has 0 amide bonds. The van der Waals surface area contributed by atoms with Crippen molar-refractivity contribution in [2.75, 3.05) is 33.4 Å². The number of rotatable bonds is 5. The van der Waals surface area contributed by atoms with Gasteiger partial charge in [-0.15, -0.1) is 0 Å². The van der Waals surface area contributed by atoms with Gasteiger partial charge >= 0.3 is 0 Å². The van der Waals surface area contributed by atoms with Crippen molar-refractivity contribution < 1.29 is 9.47 Å². The predicted molar refractivity (Wildman–Crippen MR) is 84.9 cm³/mol. The Bertz CT molecular complexity index is 455. The maximum atomic E-state index is 5.55. The Hall–Kier alpha value is -1.06. The molecule has 3 nitrogen and oxygen atoms in total. The first-order valence-corrected chi connectivity index (χ1v) is 8.15. The zero-order chi connectivity index (χ0) is 14.8. The van der Waals surface area contributed by atoms with E-state index in [1.807, 2.05) is 0 Å². The maximum absolute atomic E-state index is 5.55. The maximum Gasteiger partial charge on any atom is 0.118 e. The Kier molecular flexibility index (Phi) is 4.23. The molecule has 1 saturated carbocycles. The molecule has 1 aliphatic carbocycles. The van der Waals surface area contributed by atoms with Crippen LogP contribution in [0, 0.1) is 5.41 Å². The van der Waals surface area contributed by atoms with Gasteiger partial charge in [-0.2, -0.15) is 0 Å². The van der Waals surface area contributed by atoms with Gasteiger partial charge in [0.15, 0.2) is 0 Å². The Morgan fingerprint density at radius 3 is 2.38 bits per heavy atom. The Morgan fingerprint density at radius 1 is 1.14 bits per heavy atom. The molecule has 1 aliphatic heterocycles. The van der Waals surface area contributed by atoms with Gasteiger partial charge in [-0.05, 0) is 55.3 Å². The fraction of sp³-hybridized carbons (Fsp3) is 0.667. The summed E-state index contributed by atoms with van der Waals surface area (Å²) < 4.78 is 10.8. The first-order chi connectivity index (χ1) is 10.2. The van der Waals surface area contributed by atoms with Crippen molar-refractivity contribution in [2.45, 2.75) is 38.0 Å². The quantitative estimate of drug-likeness (QED) is 0.903. The van der Waals surface area contributed by atoms with Gasteiger partial charge in [-0.3, -0.25) is 0 Å². The van der Waals surface area contributed by atoms with Crippen molar-refractivity contribution in [3.8, 4) is 5.75 Å². The molecule has 1 saturated heterocycles. The van der Waals surface area contributed by atoms with Crippen molar-refractivity contribution in [3.05, 3.63) is 29.8 Å². The summed E-state index contributed by atoms with van der Waals surface area (Å²) in [5.74, 6) is 0.942. The molecule has 1 heterocycles. The molecule has 1 aromatic carbocycles. The number of nitrogens with one attached hydrogen (secondary N) is 1. The molecule has 3 heteroatoms. The van der Waals surface area contributed by atoms with Crippen molar-refractivity contribution in [1.29, 1.82) is 0 Å². The van der Waals surface area contributed by atoms with Crippen LogP contribution < -0.4 is 10.1 Å². The van der Waals surface area contributed by atoms with Crippen LogP contribution in [0.5, 0.6) is 5.75 Å². The third-order valence-corrected chi connectivity index (χ3v) is 5.40. The molecule has 0 atom stereocenters. The standard InChI is InChI=1S/C18H27NO2/c1-3-19-14-18(15-4-6-16(20-2)7-5-15)12-17(13-18)8-10-21-11-9-17/h4-7,19H,3,8-14H2,1-2H3. The fourth-order valence-electron chi connectivity index (χ4n) is 4.28. The molecule has 2 aliphatic rings. The average molecular weight is 289 g/mol. The van der Waals surface area contributed by atoms with Crippen molar-refractivity contribution >= 4 is 0 Å². The minimum Gasteiger partial charge on any atom is -0.497 e. The minimum absolute atomic E-state index is 0.305. The number of benzene rings is 1. The summed E-state index contributed by atoms with van der Waals surface area (Å²) in [7, 11) is 1.73. The van der Waals surface area contributed by atoms with E-state index in [0.29, 0.717) is 10.8 Å². The molecule has 0 bridgehead atoms. The lowest BCUT2D eigenvalue weighted by Gasteiger charge is -2.58. The molecule has 1 spiro atoms. The van der Waals surface area contributed by atoms with Crippen LogP contribution in [-0.2, 0) is 10.2 Å². The third kappa shape index (κ3) is 2.82. The smallest absolute Gasteiger partial charge is 0.118 e. The van der Waals surface area contributed by atoms with Crippen LogP contribution in [0.15, 0.2) is 24.3 Å². The molecule has 3 rings (SSSR count). The summed E-state index contributed by atoms with van der Waals surface area (Å²) in [5.41, 5.74) is 2.30. The molecule has 116 valence electrons. The molecule has 2 fully saturated rings. The molecule has 0 unspecified atom stereocenters.